The van der Waals surface area contributed by atoms with E-state index in [2.05, 4.69) is 4.98 Å². The summed E-state index contributed by atoms with van der Waals surface area (Å²) in [4.78, 5) is 16.7. The molecule has 1 N–H and O–H groups in total. The van der Waals surface area contributed by atoms with Crippen molar-refractivity contribution in [3.8, 4) is 0 Å². The van der Waals surface area contributed by atoms with Crippen LogP contribution in [0.25, 0.3) is 0 Å². The summed E-state index contributed by atoms with van der Waals surface area (Å²) in [5.41, 5.74) is 0.253. The van der Waals surface area contributed by atoms with Crippen molar-refractivity contribution >= 4 is 5.91 Å². The number of pyridine rings is 1. The molecule has 1 atom stereocenters. The zero-order chi connectivity index (χ0) is 12.4. The third kappa shape index (κ3) is 3.00. The van der Waals surface area contributed by atoms with Gasteiger partial charge in [0.2, 0.25) is 5.95 Å². The fourth-order valence-electron chi connectivity index (χ4n) is 1.75. The second-order valence-electron chi connectivity index (χ2n) is 4.46. The summed E-state index contributed by atoms with van der Waals surface area (Å²) in [6, 6.07) is 2.56. The average Bonchev–Trinajstić information content (AvgIpc) is 3.11. The third-order valence-corrected chi connectivity index (χ3v) is 2.95. The molecule has 1 saturated carbocycles. The highest BCUT2D eigenvalue weighted by Gasteiger charge is 2.31. The molecule has 4 nitrogen and oxygen atoms in total. The second-order valence-corrected chi connectivity index (χ2v) is 4.46. The van der Waals surface area contributed by atoms with Gasteiger partial charge in [0, 0.05) is 31.4 Å². The van der Waals surface area contributed by atoms with Gasteiger partial charge < -0.3 is 10.0 Å². The standard InChI is InChI=1S/C12H15FN2O2/c1-15(7-10(16)8-2-3-8)12(17)9-4-5-14-11(13)6-9/h4-6,8,10,16H,2-3,7H2,1H3. The minimum Gasteiger partial charge on any atom is -0.391 e. The molecule has 0 aromatic carbocycles. The van der Waals surface area contributed by atoms with Crippen LogP contribution in [-0.2, 0) is 0 Å². The van der Waals surface area contributed by atoms with Gasteiger partial charge in [0.05, 0.1) is 6.10 Å². The summed E-state index contributed by atoms with van der Waals surface area (Å²) >= 11 is 0. The zero-order valence-corrected chi connectivity index (χ0v) is 9.64. The van der Waals surface area contributed by atoms with Gasteiger partial charge >= 0.3 is 0 Å². The maximum absolute atomic E-state index is 12.9. The Morgan fingerprint density at radius 3 is 3.00 bits per heavy atom. The maximum Gasteiger partial charge on any atom is 0.253 e. The SMILES string of the molecule is CN(CC(O)C1CC1)C(=O)c1ccnc(F)c1. The number of aliphatic hydroxyl groups excluding tert-OH is 1. The van der Waals surface area contributed by atoms with Crippen LogP contribution in [-0.4, -0.2) is 40.6 Å². The maximum atomic E-state index is 12.9. The van der Waals surface area contributed by atoms with Crippen LogP contribution < -0.4 is 0 Å². The van der Waals surface area contributed by atoms with Crippen LogP contribution in [0.5, 0.6) is 0 Å². The summed E-state index contributed by atoms with van der Waals surface area (Å²) in [6.45, 7) is 0.285. The molecule has 1 fully saturated rings. The molecule has 0 saturated heterocycles. The Bertz CT molecular complexity index is 421. The van der Waals surface area contributed by atoms with Crippen LogP contribution in [0.1, 0.15) is 23.2 Å². The molecular formula is C12H15FN2O2. The lowest BCUT2D eigenvalue weighted by Gasteiger charge is -2.20. The molecule has 0 radical (unpaired) electrons. The summed E-state index contributed by atoms with van der Waals surface area (Å²) in [6.07, 6.45) is 2.82. The highest BCUT2D eigenvalue weighted by molar-refractivity contribution is 5.93. The van der Waals surface area contributed by atoms with Crippen LogP contribution in [0.15, 0.2) is 18.3 Å². The first-order valence-electron chi connectivity index (χ1n) is 5.63. The van der Waals surface area contributed by atoms with Gasteiger partial charge in [0.1, 0.15) is 0 Å². The van der Waals surface area contributed by atoms with Crippen LogP contribution in [0.4, 0.5) is 4.39 Å². The minimum atomic E-state index is -0.674. The highest BCUT2D eigenvalue weighted by atomic mass is 19.1. The fourth-order valence-corrected chi connectivity index (χ4v) is 1.75. The molecular weight excluding hydrogens is 223 g/mol. The first kappa shape index (κ1) is 12.0. The zero-order valence-electron chi connectivity index (χ0n) is 9.64. The van der Waals surface area contributed by atoms with Crippen molar-refractivity contribution in [2.45, 2.75) is 18.9 Å². The molecule has 1 aromatic rings. The van der Waals surface area contributed by atoms with Crippen LogP contribution in [0.3, 0.4) is 0 Å². The van der Waals surface area contributed by atoms with Crippen LogP contribution in [0.2, 0.25) is 0 Å². The Morgan fingerprint density at radius 2 is 2.41 bits per heavy atom. The number of carbonyl (C=O) groups excluding carboxylic acids is 1. The molecule has 1 aromatic heterocycles. The Labute approximate surface area is 99.1 Å². The molecule has 1 amide bonds. The quantitative estimate of drug-likeness (QED) is 0.798. The number of aromatic nitrogens is 1. The predicted molar refractivity (Wildman–Crippen MR) is 59.9 cm³/mol. The third-order valence-electron chi connectivity index (χ3n) is 2.95. The molecule has 1 unspecified atom stereocenters. The molecule has 0 aliphatic heterocycles. The Balaban J connectivity index is 1.98. The number of hydrogen-bond acceptors (Lipinski definition) is 3. The lowest BCUT2D eigenvalue weighted by Crippen LogP contribution is -2.35. The highest BCUT2D eigenvalue weighted by Crippen LogP contribution is 2.32. The van der Waals surface area contributed by atoms with Crippen molar-refractivity contribution in [3.63, 3.8) is 0 Å². The first-order chi connectivity index (χ1) is 8.08. The van der Waals surface area contributed by atoms with Crippen molar-refractivity contribution in [2.75, 3.05) is 13.6 Å². The van der Waals surface area contributed by atoms with Crippen molar-refractivity contribution in [1.82, 2.24) is 9.88 Å². The molecule has 5 heteroatoms. The van der Waals surface area contributed by atoms with Gasteiger partial charge in [-0.15, -0.1) is 0 Å². The predicted octanol–water partition coefficient (Wildman–Crippen LogP) is 1.06. The molecule has 1 aliphatic carbocycles. The van der Waals surface area contributed by atoms with E-state index in [1.807, 2.05) is 0 Å². The molecule has 0 bridgehead atoms. The molecule has 0 spiro atoms. The van der Waals surface area contributed by atoms with E-state index in [-0.39, 0.29) is 18.0 Å². The Hall–Kier alpha value is -1.49. The largest absolute Gasteiger partial charge is 0.391 e. The lowest BCUT2D eigenvalue weighted by atomic mass is 10.2. The normalized spacial score (nSPS) is 16.6. The molecule has 1 aliphatic rings. The fraction of sp³-hybridized carbons (Fsp3) is 0.500. The van der Waals surface area contributed by atoms with Gasteiger partial charge in [-0.1, -0.05) is 0 Å². The van der Waals surface area contributed by atoms with E-state index in [4.69, 9.17) is 0 Å². The monoisotopic (exact) mass is 238 g/mol. The smallest absolute Gasteiger partial charge is 0.253 e. The number of carbonyl (C=O) groups is 1. The van der Waals surface area contributed by atoms with Crippen LogP contribution >= 0.6 is 0 Å². The van der Waals surface area contributed by atoms with Gasteiger partial charge in [-0.3, -0.25) is 4.79 Å². The van der Waals surface area contributed by atoms with Gasteiger partial charge in [0.25, 0.3) is 5.91 Å². The van der Waals surface area contributed by atoms with Crippen LogP contribution in [0, 0.1) is 11.9 Å². The Morgan fingerprint density at radius 1 is 1.71 bits per heavy atom. The summed E-state index contributed by atoms with van der Waals surface area (Å²) < 4.78 is 12.9. The number of amides is 1. The van der Waals surface area contributed by atoms with Gasteiger partial charge in [0.15, 0.2) is 0 Å². The summed E-state index contributed by atoms with van der Waals surface area (Å²) in [5, 5.41) is 9.73. The summed E-state index contributed by atoms with van der Waals surface area (Å²) in [7, 11) is 1.60. The number of rotatable bonds is 4. The number of hydrogen-bond donors (Lipinski definition) is 1. The topological polar surface area (TPSA) is 53.4 Å². The van der Waals surface area contributed by atoms with E-state index in [1.54, 1.807) is 7.05 Å². The van der Waals surface area contributed by atoms with E-state index < -0.39 is 12.1 Å². The molecule has 1 heterocycles. The van der Waals surface area contributed by atoms with Crippen molar-refractivity contribution in [1.29, 1.82) is 0 Å². The Kier molecular flexibility index (Phi) is 3.38. The van der Waals surface area contributed by atoms with E-state index in [9.17, 15) is 14.3 Å². The molecule has 92 valence electrons. The van der Waals surface area contributed by atoms with Gasteiger partial charge in [-0.25, -0.2) is 4.98 Å². The number of halogens is 1. The molecule has 17 heavy (non-hydrogen) atoms. The van der Waals surface area contributed by atoms with E-state index in [0.717, 1.165) is 18.9 Å². The lowest BCUT2D eigenvalue weighted by molar-refractivity contribution is 0.0645. The molecule has 2 rings (SSSR count). The minimum absolute atomic E-state index is 0.253. The number of aliphatic hydroxyl groups is 1. The van der Waals surface area contributed by atoms with E-state index >= 15 is 0 Å². The first-order valence-corrected chi connectivity index (χ1v) is 5.63. The van der Waals surface area contributed by atoms with Crippen molar-refractivity contribution in [3.05, 3.63) is 29.8 Å². The summed E-state index contributed by atoms with van der Waals surface area (Å²) in [5.74, 6) is -0.655. The van der Waals surface area contributed by atoms with Crippen molar-refractivity contribution in [2.24, 2.45) is 5.92 Å². The van der Waals surface area contributed by atoms with Gasteiger partial charge in [-0.05, 0) is 24.8 Å². The average molecular weight is 238 g/mol. The second kappa shape index (κ2) is 4.79. The van der Waals surface area contributed by atoms with E-state index in [0.29, 0.717) is 5.92 Å². The van der Waals surface area contributed by atoms with Crippen molar-refractivity contribution < 1.29 is 14.3 Å². The van der Waals surface area contributed by atoms with Gasteiger partial charge in [-0.2, -0.15) is 4.39 Å². The number of nitrogens with zero attached hydrogens (tertiary/aromatic N) is 2. The van der Waals surface area contributed by atoms with E-state index in [1.165, 1.54) is 17.2 Å². The number of likely N-dealkylation sites (N-methyl/N-ethyl adjacent to an activating group) is 1.